The Bertz CT molecular complexity index is 1470. The van der Waals surface area contributed by atoms with Crippen LogP contribution in [0, 0.1) is 0 Å². The van der Waals surface area contributed by atoms with Crippen molar-refractivity contribution in [2.75, 3.05) is 26.9 Å². The fraction of sp³-hybridized carbons (Fsp3) is 0.432. The molecule has 0 aliphatic heterocycles. The van der Waals surface area contributed by atoms with Crippen molar-refractivity contribution in [1.29, 1.82) is 0 Å². The number of aliphatic hydroxyl groups excluding tert-OH is 3. The number of nitrogens with zero attached hydrogens (tertiary/aromatic N) is 3. The molecule has 1 heterocycles. The summed E-state index contributed by atoms with van der Waals surface area (Å²) in [4.78, 5) is 13.8. The number of ether oxygens (including phenoxy) is 4. The molecule has 3 aromatic carbocycles. The lowest BCUT2D eigenvalue weighted by molar-refractivity contribution is 0.122. The molecule has 5 N–H and O–H groups in total. The summed E-state index contributed by atoms with van der Waals surface area (Å²) >= 11 is 0. The minimum atomic E-state index is -0.689. The third-order valence-corrected chi connectivity index (χ3v) is 5.94. The van der Waals surface area contributed by atoms with Gasteiger partial charge in [0.1, 0.15) is 54.3 Å². The van der Waals surface area contributed by atoms with E-state index in [0.29, 0.717) is 28.6 Å². The monoisotopic (exact) mass is 683 g/mol. The number of hydrogen-bond acceptors (Lipinski definition) is 12. The van der Waals surface area contributed by atoms with Crippen LogP contribution in [-0.4, -0.2) is 85.7 Å². The molecule has 0 spiro atoms. The van der Waals surface area contributed by atoms with Gasteiger partial charge in [0.25, 0.3) is 0 Å². The number of aromatic hydroxyl groups is 2. The highest BCUT2D eigenvalue weighted by atomic mass is 16.5. The van der Waals surface area contributed by atoms with E-state index in [1.165, 1.54) is 19.2 Å². The first-order valence-corrected chi connectivity index (χ1v) is 16.6. The lowest BCUT2D eigenvalue weighted by Gasteiger charge is -2.15. The van der Waals surface area contributed by atoms with Gasteiger partial charge in [0.2, 0.25) is 0 Å². The highest BCUT2D eigenvalue weighted by Gasteiger charge is 2.20. The first-order chi connectivity index (χ1) is 23.5. The van der Waals surface area contributed by atoms with Gasteiger partial charge in [0.15, 0.2) is 17.5 Å². The van der Waals surface area contributed by atoms with E-state index in [0.717, 1.165) is 0 Å². The topological polar surface area (TPSA) is 177 Å². The Morgan fingerprint density at radius 2 is 0.816 bits per heavy atom. The van der Waals surface area contributed by atoms with E-state index in [1.54, 1.807) is 63.2 Å². The van der Waals surface area contributed by atoms with Crippen LogP contribution in [0.3, 0.4) is 0 Å². The quantitative estimate of drug-likeness (QED) is 0.102. The molecule has 0 amide bonds. The molecule has 1 aromatic heterocycles. The van der Waals surface area contributed by atoms with Crippen LogP contribution in [0.5, 0.6) is 34.5 Å². The molecule has 12 heteroatoms. The van der Waals surface area contributed by atoms with Gasteiger partial charge in [-0.2, -0.15) is 0 Å². The molecule has 12 nitrogen and oxygen atoms in total. The number of phenols is 2. The summed E-state index contributed by atoms with van der Waals surface area (Å²) in [5.74, 6) is 1.57. The van der Waals surface area contributed by atoms with Crippen molar-refractivity contribution >= 4 is 0 Å². The number of rotatable bonds is 13. The van der Waals surface area contributed by atoms with Crippen LogP contribution in [0.1, 0.15) is 62.3 Å². The van der Waals surface area contributed by atoms with Crippen molar-refractivity contribution in [3.8, 4) is 68.7 Å². The lowest BCUT2D eigenvalue weighted by atomic mass is 10.1. The molecule has 4 aromatic rings. The van der Waals surface area contributed by atoms with Gasteiger partial charge in [0.05, 0.1) is 42.1 Å². The number of hydrogen-bond donors (Lipinski definition) is 5. The summed E-state index contributed by atoms with van der Waals surface area (Å²) in [6.45, 7) is 17.0. The van der Waals surface area contributed by atoms with Crippen LogP contribution in [-0.2, 0) is 0 Å². The van der Waals surface area contributed by atoms with Crippen molar-refractivity contribution < 1.29 is 44.5 Å². The molecule has 0 aliphatic carbocycles. The predicted octanol–water partition coefficient (Wildman–Crippen LogP) is 6.65. The summed E-state index contributed by atoms with van der Waals surface area (Å²) in [6, 6.07) is 14.2. The third-order valence-electron chi connectivity index (χ3n) is 5.94. The van der Waals surface area contributed by atoms with Crippen LogP contribution in [0.25, 0.3) is 34.2 Å². The van der Waals surface area contributed by atoms with Gasteiger partial charge in [-0.3, -0.25) is 0 Å². The smallest absolute Gasteiger partial charge is 0.167 e. The first-order valence-electron chi connectivity index (χ1n) is 16.6. The van der Waals surface area contributed by atoms with Gasteiger partial charge >= 0.3 is 0 Å². The Labute approximate surface area is 290 Å². The molecular weight excluding hydrogens is 630 g/mol. The van der Waals surface area contributed by atoms with Crippen LogP contribution in [0.15, 0.2) is 54.6 Å². The molecule has 0 saturated carbocycles. The average Bonchev–Trinajstić information content (AvgIpc) is 3.11. The molecule has 0 fully saturated rings. The minimum absolute atomic E-state index is 0.0474. The largest absolute Gasteiger partial charge is 0.507 e. The van der Waals surface area contributed by atoms with E-state index in [-0.39, 0.29) is 59.9 Å². The summed E-state index contributed by atoms with van der Waals surface area (Å²) in [5, 5.41) is 50.4. The van der Waals surface area contributed by atoms with E-state index in [9.17, 15) is 25.5 Å². The van der Waals surface area contributed by atoms with Gasteiger partial charge in [0, 0.05) is 18.2 Å². The van der Waals surface area contributed by atoms with Crippen molar-refractivity contribution in [3.63, 3.8) is 0 Å². The van der Waals surface area contributed by atoms with Crippen molar-refractivity contribution in [1.82, 2.24) is 15.0 Å². The highest BCUT2D eigenvalue weighted by Crippen LogP contribution is 2.38. The molecule has 0 bridgehead atoms. The second-order valence-electron chi connectivity index (χ2n) is 10.0. The van der Waals surface area contributed by atoms with Gasteiger partial charge in [-0.1, -0.05) is 41.5 Å². The van der Waals surface area contributed by atoms with E-state index in [1.807, 2.05) is 41.5 Å². The van der Waals surface area contributed by atoms with Crippen molar-refractivity contribution in [2.24, 2.45) is 0 Å². The Balaban J connectivity index is 0.00000189. The van der Waals surface area contributed by atoms with Gasteiger partial charge < -0.3 is 44.5 Å². The van der Waals surface area contributed by atoms with Crippen LogP contribution < -0.4 is 18.9 Å². The lowest BCUT2D eigenvalue weighted by Crippen LogP contribution is -2.12. The van der Waals surface area contributed by atoms with Crippen molar-refractivity contribution in [3.05, 3.63) is 54.6 Å². The maximum atomic E-state index is 10.9. The zero-order valence-corrected chi connectivity index (χ0v) is 30.3. The molecule has 0 radical (unpaired) electrons. The Morgan fingerprint density at radius 1 is 0.510 bits per heavy atom. The normalized spacial score (nSPS) is 11.9. The molecule has 0 saturated heterocycles. The maximum Gasteiger partial charge on any atom is 0.167 e. The van der Waals surface area contributed by atoms with E-state index in [2.05, 4.69) is 15.0 Å². The fourth-order valence-electron chi connectivity index (χ4n) is 3.91. The Hall–Kier alpha value is -4.65. The number of benzene rings is 3. The van der Waals surface area contributed by atoms with Crippen molar-refractivity contribution in [2.45, 2.75) is 80.6 Å². The molecule has 49 heavy (non-hydrogen) atoms. The van der Waals surface area contributed by atoms with Crippen LogP contribution >= 0.6 is 0 Å². The summed E-state index contributed by atoms with van der Waals surface area (Å²) in [7, 11) is 1.48. The van der Waals surface area contributed by atoms with E-state index in [4.69, 9.17) is 18.9 Å². The molecular formula is C37H53N3O9. The van der Waals surface area contributed by atoms with Crippen LogP contribution in [0.4, 0.5) is 0 Å². The number of aromatic nitrogens is 3. The van der Waals surface area contributed by atoms with E-state index >= 15 is 0 Å². The molecule has 270 valence electrons. The zero-order chi connectivity index (χ0) is 37.1. The summed E-state index contributed by atoms with van der Waals surface area (Å²) in [6.07, 6.45) is -2.04. The third kappa shape index (κ3) is 13.1. The molecule has 0 aliphatic rings. The highest BCUT2D eigenvalue weighted by molar-refractivity contribution is 5.74. The van der Waals surface area contributed by atoms with E-state index < -0.39 is 18.3 Å². The van der Waals surface area contributed by atoms with Gasteiger partial charge in [-0.25, -0.2) is 15.0 Å². The SMILES string of the molecule is CC.CC.CC.COc1cc(OCC(C)O)ccc1-c1nc(-c2ccc(OCC(C)O)cc2O)nc(-c2ccc(OCC(C)O)cc2O)n1. The molecule has 4 rings (SSSR count). The van der Waals surface area contributed by atoms with Crippen LogP contribution in [0.2, 0.25) is 0 Å². The van der Waals surface area contributed by atoms with Gasteiger partial charge in [-0.05, 0) is 57.2 Å². The number of phenolic OH excluding ortho intramolecular Hbond substituents is 2. The maximum absolute atomic E-state index is 10.9. The standard InChI is InChI=1S/C31H35N3O9.3C2H6/c1-17(35)14-41-20-5-8-23(26(38)11-20)29-32-30(24-9-6-21(12-27(24)39)42-15-18(2)36)34-31(33-29)25-10-7-22(13-28(25)40-4)43-16-19(3)37;3*1-2/h5-13,17-19,35-39H,14-16H2,1-4H3;3*1-2H3. The zero-order valence-electron chi connectivity index (χ0n) is 30.3. The Morgan fingerprint density at radius 3 is 1.12 bits per heavy atom. The second kappa shape index (κ2) is 22.1. The first kappa shape index (κ1) is 42.4. The number of aliphatic hydroxyl groups is 3. The van der Waals surface area contributed by atoms with Gasteiger partial charge in [-0.15, -0.1) is 0 Å². The predicted molar refractivity (Wildman–Crippen MR) is 192 cm³/mol. The molecule has 3 atom stereocenters. The number of methoxy groups -OCH3 is 1. The fourth-order valence-corrected chi connectivity index (χ4v) is 3.91. The minimum Gasteiger partial charge on any atom is -0.507 e. The summed E-state index contributed by atoms with van der Waals surface area (Å²) < 4.78 is 22.2. The Kier molecular flexibility index (Phi) is 19.1. The average molecular weight is 684 g/mol. The summed E-state index contributed by atoms with van der Waals surface area (Å²) in [5.41, 5.74) is 1.01. The molecule has 3 unspecified atom stereocenters. The second-order valence-corrected chi connectivity index (χ2v) is 10.0.